The Morgan fingerprint density at radius 2 is 2.03 bits per heavy atom. The number of quaternary nitrogens is 1. The number of ether oxygens (including phenoxy) is 2. The summed E-state index contributed by atoms with van der Waals surface area (Å²) in [4.78, 5) is 24.5. The van der Waals surface area contributed by atoms with Gasteiger partial charge in [0.15, 0.2) is 5.69 Å². The van der Waals surface area contributed by atoms with Gasteiger partial charge in [-0.05, 0) is 50.7 Å². The lowest BCUT2D eigenvalue weighted by Crippen LogP contribution is -2.59. The lowest BCUT2D eigenvalue weighted by molar-refractivity contribution is 0.0436. The van der Waals surface area contributed by atoms with Crippen LogP contribution in [0.4, 0.5) is 16.2 Å². The SMILES string of the molecule is CN(C)CCCOc1ccc(-c2ccc3ncc4c(c3c2)NC(=O)[N+]4(C)C2CCCOC2)cn1. The number of rotatable bonds is 7. The van der Waals surface area contributed by atoms with Gasteiger partial charge in [-0.3, -0.25) is 5.32 Å². The zero-order chi connectivity index (χ0) is 23.7. The van der Waals surface area contributed by atoms with Crippen LogP contribution in [0, 0.1) is 0 Å². The molecule has 2 unspecified atom stereocenters. The summed E-state index contributed by atoms with van der Waals surface area (Å²) in [5.74, 6) is 0.626. The molecule has 0 bridgehead atoms. The highest BCUT2D eigenvalue weighted by molar-refractivity contribution is 6.15. The van der Waals surface area contributed by atoms with Gasteiger partial charge in [-0.1, -0.05) is 6.07 Å². The summed E-state index contributed by atoms with van der Waals surface area (Å²) in [5, 5.41) is 4.09. The van der Waals surface area contributed by atoms with E-state index >= 15 is 0 Å². The Balaban J connectivity index is 1.42. The van der Waals surface area contributed by atoms with E-state index < -0.39 is 0 Å². The smallest absolute Gasteiger partial charge is 0.426 e. The van der Waals surface area contributed by atoms with Crippen molar-refractivity contribution in [1.29, 1.82) is 0 Å². The number of nitrogens with zero attached hydrogens (tertiary/aromatic N) is 4. The Labute approximate surface area is 200 Å². The molecule has 2 atom stereocenters. The van der Waals surface area contributed by atoms with Gasteiger partial charge in [-0.25, -0.2) is 19.2 Å². The highest BCUT2D eigenvalue weighted by Gasteiger charge is 2.50. The summed E-state index contributed by atoms with van der Waals surface area (Å²) in [6, 6.07) is 10.1. The van der Waals surface area contributed by atoms with E-state index in [0.717, 1.165) is 65.8 Å². The average molecular weight is 463 g/mol. The Kier molecular flexibility index (Phi) is 6.20. The number of pyridine rings is 2. The number of anilines is 1. The first-order chi connectivity index (χ1) is 16.5. The van der Waals surface area contributed by atoms with E-state index in [4.69, 9.17) is 14.5 Å². The minimum atomic E-state index is -0.0253. The molecule has 0 aliphatic carbocycles. The molecule has 0 radical (unpaired) electrons. The minimum Gasteiger partial charge on any atom is -0.478 e. The molecule has 0 saturated carbocycles. The molecule has 34 heavy (non-hydrogen) atoms. The molecule has 178 valence electrons. The molecule has 1 aromatic carbocycles. The van der Waals surface area contributed by atoms with Crippen LogP contribution in [0.3, 0.4) is 0 Å². The van der Waals surface area contributed by atoms with Crippen molar-refractivity contribution in [1.82, 2.24) is 19.4 Å². The topological polar surface area (TPSA) is 76.6 Å². The lowest BCUT2D eigenvalue weighted by Gasteiger charge is -2.35. The van der Waals surface area contributed by atoms with Crippen molar-refractivity contribution in [2.45, 2.75) is 25.3 Å². The van der Waals surface area contributed by atoms with Crippen molar-refractivity contribution in [2.75, 3.05) is 52.8 Å². The van der Waals surface area contributed by atoms with Crippen LogP contribution in [0.1, 0.15) is 19.3 Å². The summed E-state index contributed by atoms with van der Waals surface area (Å²) in [6.45, 7) is 2.96. The Bertz CT molecular complexity index is 1190. The second kappa shape index (κ2) is 9.29. The van der Waals surface area contributed by atoms with Gasteiger partial charge >= 0.3 is 6.03 Å². The number of aromatic nitrogens is 2. The van der Waals surface area contributed by atoms with Crippen LogP contribution in [0.25, 0.3) is 22.0 Å². The van der Waals surface area contributed by atoms with Crippen molar-refractivity contribution in [3.8, 4) is 17.0 Å². The van der Waals surface area contributed by atoms with E-state index in [0.29, 0.717) is 19.1 Å². The third-order valence-corrected chi connectivity index (χ3v) is 6.94. The molecule has 1 N–H and O–H groups in total. The molecule has 1 fully saturated rings. The summed E-state index contributed by atoms with van der Waals surface area (Å²) < 4.78 is 11.7. The van der Waals surface area contributed by atoms with E-state index in [-0.39, 0.29) is 16.6 Å². The summed E-state index contributed by atoms with van der Waals surface area (Å²) in [6.07, 6.45) is 6.55. The van der Waals surface area contributed by atoms with Crippen molar-refractivity contribution in [3.63, 3.8) is 0 Å². The molecular formula is C26H32N5O3+. The molecule has 5 rings (SSSR count). The van der Waals surface area contributed by atoms with Gasteiger partial charge in [0.05, 0.1) is 32.0 Å². The van der Waals surface area contributed by atoms with Crippen LogP contribution in [-0.2, 0) is 4.74 Å². The van der Waals surface area contributed by atoms with Crippen LogP contribution in [-0.4, -0.2) is 74.4 Å². The zero-order valence-corrected chi connectivity index (χ0v) is 20.1. The predicted molar refractivity (Wildman–Crippen MR) is 134 cm³/mol. The number of fused-ring (bicyclic) bond motifs is 3. The van der Waals surface area contributed by atoms with E-state index in [2.05, 4.69) is 35.4 Å². The van der Waals surface area contributed by atoms with Crippen LogP contribution in [0.2, 0.25) is 0 Å². The van der Waals surface area contributed by atoms with Crippen LogP contribution >= 0.6 is 0 Å². The molecular weight excluding hydrogens is 430 g/mol. The predicted octanol–water partition coefficient (Wildman–Crippen LogP) is 4.29. The van der Waals surface area contributed by atoms with Crippen molar-refractivity contribution in [3.05, 3.63) is 42.7 Å². The van der Waals surface area contributed by atoms with E-state index in [1.165, 1.54) is 0 Å². The zero-order valence-electron chi connectivity index (χ0n) is 20.1. The number of benzene rings is 1. The number of nitrogens with one attached hydrogen (secondary N) is 1. The monoisotopic (exact) mass is 462 g/mol. The first-order valence-corrected chi connectivity index (χ1v) is 11.9. The van der Waals surface area contributed by atoms with Crippen molar-refractivity contribution in [2.24, 2.45) is 0 Å². The maximum Gasteiger partial charge on any atom is 0.426 e. The van der Waals surface area contributed by atoms with Gasteiger partial charge in [-0.2, -0.15) is 0 Å². The summed E-state index contributed by atoms with van der Waals surface area (Å²) in [7, 11) is 6.08. The van der Waals surface area contributed by atoms with Crippen molar-refractivity contribution < 1.29 is 14.3 Å². The maximum absolute atomic E-state index is 13.2. The molecule has 2 aliphatic heterocycles. The fourth-order valence-corrected chi connectivity index (χ4v) is 4.87. The largest absolute Gasteiger partial charge is 0.478 e. The van der Waals surface area contributed by atoms with E-state index in [1.807, 2.05) is 43.7 Å². The normalized spacial score (nSPS) is 22.1. The molecule has 1 saturated heterocycles. The first kappa shape index (κ1) is 22.7. The number of carbonyl (C=O) groups is 1. The fourth-order valence-electron chi connectivity index (χ4n) is 4.87. The second-order valence-corrected chi connectivity index (χ2v) is 9.52. The molecule has 3 aromatic rings. The second-order valence-electron chi connectivity index (χ2n) is 9.52. The number of urea groups is 1. The summed E-state index contributed by atoms with van der Waals surface area (Å²) in [5.41, 5.74) is 4.61. The minimum absolute atomic E-state index is 0.0253. The molecule has 2 aromatic heterocycles. The maximum atomic E-state index is 13.2. The van der Waals surface area contributed by atoms with Gasteiger partial charge in [0.25, 0.3) is 0 Å². The average Bonchev–Trinajstić information content (AvgIpc) is 3.13. The Hall–Kier alpha value is -3.07. The molecule has 2 amide bonds. The number of amides is 2. The quantitative estimate of drug-likeness (QED) is 0.417. The molecule has 8 heteroatoms. The third-order valence-electron chi connectivity index (χ3n) is 6.94. The van der Waals surface area contributed by atoms with Gasteiger partial charge in [0.1, 0.15) is 11.7 Å². The highest BCUT2D eigenvalue weighted by atomic mass is 16.5. The molecule has 0 spiro atoms. The fraction of sp³-hybridized carbons (Fsp3) is 0.423. The first-order valence-electron chi connectivity index (χ1n) is 11.9. The number of likely N-dealkylation sites (N-methyl/N-ethyl adjacent to an activating group) is 1. The van der Waals surface area contributed by atoms with E-state index in [1.54, 1.807) is 0 Å². The van der Waals surface area contributed by atoms with Gasteiger partial charge in [0.2, 0.25) is 5.88 Å². The molecule has 4 heterocycles. The number of hydrogen-bond acceptors (Lipinski definition) is 6. The van der Waals surface area contributed by atoms with Crippen LogP contribution < -0.4 is 14.5 Å². The van der Waals surface area contributed by atoms with Crippen molar-refractivity contribution >= 4 is 28.3 Å². The molecule has 2 aliphatic rings. The number of carbonyl (C=O) groups excluding carboxylic acids is 1. The van der Waals surface area contributed by atoms with Crippen LogP contribution in [0.5, 0.6) is 5.88 Å². The lowest BCUT2D eigenvalue weighted by atomic mass is 10.0. The van der Waals surface area contributed by atoms with Gasteiger partial charge in [-0.15, -0.1) is 0 Å². The Morgan fingerprint density at radius 3 is 2.76 bits per heavy atom. The van der Waals surface area contributed by atoms with Gasteiger partial charge < -0.3 is 14.4 Å². The Morgan fingerprint density at radius 1 is 1.18 bits per heavy atom. The van der Waals surface area contributed by atoms with Crippen LogP contribution in [0.15, 0.2) is 42.7 Å². The molecule has 8 nitrogen and oxygen atoms in total. The third kappa shape index (κ3) is 4.13. The number of hydrogen-bond donors (Lipinski definition) is 1. The summed E-state index contributed by atoms with van der Waals surface area (Å²) >= 11 is 0. The van der Waals surface area contributed by atoms with Gasteiger partial charge in [0, 0.05) is 42.8 Å². The standard InChI is InChI=1S/C26H31N5O3/c1-30(2)11-5-13-34-24-10-8-19(15-28-24)18-7-9-22-21(14-18)25-23(16-27-22)31(3,26(32)29-25)20-6-4-12-33-17-20/h7-10,14-16,20H,4-6,11-13,17H2,1-3H3/p+1. The highest BCUT2D eigenvalue weighted by Crippen LogP contribution is 2.44. The van der Waals surface area contributed by atoms with E-state index in [9.17, 15) is 4.79 Å².